The fourth-order valence-electron chi connectivity index (χ4n) is 2.66. The minimum atomic E-state index is -0.258. The molecule has 0 aliphatic carbocycles. The smallest absolute Gasteiger partial charge is 0.255 e. The number of hydrogen-bond donors (Lipinski definition) is 1. The molecule has 27 heavy (non-hydrogen) atoms. The third-order valence-corrected chi connectivity index (χ3v) is 4.29. The van der Waals surface area contributed by atoms with Gasteiger partial charge in [0.05, 0.1) is 12.7 Å². The van der Waals surface area contributed by atoms with Crippen LogP contribution in [0, 0.1) is 0 Å². The first-order valence-corrected chi connectivity index (χ1v) is 8.91. The third kappa shape index (κ3) is 5.02. The van der Waals surface area contributed by atoms with Gasteiger partial charge in [-0.3, -0.25) is 4.79 Å². The second kappa shape index (κ2) is 9.10. The van der Waals surface area contributed by atoms with Gasteiger partial charge in [0.15, 0.2) is 0 Å². The molecule has 0 aliphatic rings. The second-order valence-electron chi connectivity index (χ2n) is 5.91. The Morgan fingerprint density at radius 2 is 1.70 bits per heavy atom. The van der Waals surface area contributed by atoms with Crippen molar-refractivity contribution in [2.24, 2.45) is 0 Å². The Kier molecular flexibility index (Phi) is 6.34. The van der Waals surface area contributed by atoms with E-state index in [-0.39, 0.29) is 5.91 Å². The molecule has 4 nitrogen and oxygen atoms in total. The summed E-state index contributed by atoms with van der Waals surface area (Å²) in [5.41, 5.74) is 2.31. The molecule has 0 bridgehead atoms. The van der Waals surface area contributed by atoms with E-state index in [0.29, 0.717) is 29.5 Å². The number of hydrogen-bond acceptors (Lipinski definition) is 3. The minimum Gasteiger partial charge on any atom is -0.496 e. The lowest BCUT2D eigenvalue weighted by molar-refractivity contribution is 0.0946. The molecule has 1 amide bonds. The highest BCUT2D eigenvalue weighted by Crippen LogP contribution is 2.24. The summed E-state index contributed by atoms with van der Waals surface area (Å²) in [7, 11) is 1.60. The van der Waals surface area contributed by atoms with Crippen LogP contribution in [0.1, 0.15) is 21.5 Å². The lowest BCUT2D eigenvalue weighted by Gasteiger charge is -2.13. The van der Waals surface area contributed by atoms with Crippen LogP contribution in [0.3, 0.4) is 0 Å². The van der Waals surface area contributed by atoms with Gasteiger partial charge in [0.2, 0.25) is 0 Å². The van der Waals surface area contributed by atoms with Gasteiger partial charge in [-0.1, -0.05) is 60.1 Å². The Morgan fingerprint density at radius 3 is 2.48 bits per heavy atom. The number of amides is 1. The van der Waals surface area contributed by atoms with Gasteiger partial charge in [-0.15, -0.1) is 0 Å². The predicted molar refractivity (Wildman–Crippen MR) is 106 cm³/mol. The van der Waals surface area contributed by atoms with Gasteiger partial charge in [-0.05, 0) is 29.8 Å². The number of carbonyl (C=O) groups is 1. The number of halogens is 1. The average Bonchev–Trinajstić information content (AvgIpc) is 2.72. The molecule has 0 aromatic heterocycles. The summed E-state index contributed by atoms with van der Waals surface area (Å²) in [5.74, 6) is 0.955. The van der Waals surface area contributed by atoms with Crippen molar-refractivity contribution in [3.05, 3.63) is 94.5 Å². The molecular weight excluding hydrogens is 362 g/mol. The lowest BCUT2D eigenvalue weighted by Crippen LogP contribution is -2.23. The van der Waals surface area contributed by atoms with Crippen LogP contribution in [0.4, 0.5) is 0 Å². The maximum Gasteiger partial charge on any atom is 0.255 e. The van der Waals surface area contributed by atoms with Crippen molar-refractivity contribution in [1.29, 1.82) is 0 Å². The van der Waals surface area contributed by atoms with Crippen LogP contribution in [-0.2, 0) is 13.2 Å². The van der Waals surface area contributed by atoms with E-state index in [9.17, 15) is 4.79 Å². The Balaban J connectivity index is 1.72. The van der Waals surface area contributed by atoms with Crippen molar-refractivity contribution in [3.8, 4) is 11.5 Å². The summed E-state index contributed by atoms with van der Waals surface area (Å²) >= 11 is 6.09. The first-order valence-electron chi connectivity index (χ1n) is 8.54. The fraction of sp³-hybridized carbons (Fsp3) is 0.136. The summed E-state index contributed by atoms with van der Waals surface area (Å²) in [5, 5.41) is 3.37. The number of carbonyl (C=O) groups excluding carboxylic acids is 1. The number of methoxy groups -OCH3 is 1. The zero-order chi connectivity index (χ0) is 19.1. The van der Waals surface area contributed by atoms with Crippen LogP contribution in [0.25, 0.3) is 0 Å². The molecule has 3 rings (SSSR count). The maximum atomic E-state index is 12.7. The van der Waals surface area contributed by atoms with Gasteiger partial charge in [-0.2, -0.15) is 0 Å². The number of nitrogens with one attached hydrogen (secondary N) is 1. The average molecular weight is 382 g/mol. The molecule has 0 fully saturated rings. The Bertz CT molecular complexity index is 912. The molecule has 0 spiro atoms. The molecule has 1 N–H and O–H groups in total. The second-order valence-corrected chi connectivity index (χ2v) is 6.35. The summed E-state index contributed by atoms with van der Waals surface area (Å²) in [6.45, 7) is 0.711. The monoisotopic (exact) mass is 381 g/mol. The summed E-state index contributed by atoms with van der Waals surface area (Å²) in [6, 6.07) is 22.4. The van der Waals surface area contributed by atoms with Crippen molar-refractivity contribution in [1.82, 2.24) is 5.32 Å². The Hall–Kier alpha value is -2.98. The van der Waals surface area contributed by atoms with Gasteiger partial charge >= 0.3 is 0 Å². The molecule has 0 heterocycles. The van der Waals surface area contributed by atoms with Gasteiger partial charge in [0, 0.05) is 17.1 Å². The van der Waals surface area contributed by atoms with Gasteiger partial charge < -0.3 is 14.8 Å². The van der Waals surface area contributed by atoms with E-state index in [2.05, 4.69) is 5.32 Å². The van der Waals surface area contributed by atoms with E-state index >= 15 is 0 Å². The van der Waals surface area contributed by atoms with Crippen molar-refractivity contribution in [3.63, 3.8) is 0 Å². The van der Waals surface area contributed by atoms with Gasteiger partial charge in [-0.25, -0.2) is 0 Å². The maximum absolute atomic E-state index is 12.7. The molecule has 3 aromatic carbocycles. The van der Waals surface area contributed by atoms with Gasteiger partial charge in [0.1, 0.15) is 18.1 Å². The molecule has 0 saturated carbocycles. The van der Waals surface area contributed by atoms with E-state index in [1.165, 1.54) is 0 Å². The highest BCUT2D eigenvalue weighted by Gasteiger charge is 2.14. The Labute approximate surface area is 163 Å². The van der Waals surface area contributed by atoms with Crippen LogP contribution in [0.2, 0.25) is 5.02 Å². The van der Waals surface area contributed by atoms with Crippen LogP contribution in [-0.4, -0.2) is 13.0 Å². The van der Waals surface area contributed by atoms with Crippen LogP contribution in [0.5, 0.6) is 11.5 Å². The van der Waals surface area contributed by atoms with Crippen LogP contribution < -0.4 is 14.8 Å². The van der Waals surface area contributed by atoms with Crippen LogP contribution >= 0.6 is 11.6 Å². The quantitative estimate of drug-likeness (QED) is 0.636. The van der Waals surface area contributed by atoms with Crippen molar-refractivity contribution < 1.29 is 14.3 Å². The fourth-order valence-corrected chi connectivity index (χ4v) is 2.83. The van der Waals surface area contributed by atoms with Crippen molar-refractivity contribution in [2.45, 2.75) is 13.2 Å². The standard InChI is InChI=1S/C22H20ClNO3/c1-26-20-10-6-5-9-17(20)14-24-22(25)19-13-18(23)11-12-21(19)27-15-16-7-3-2-4-8-16/h2-13H,14-15H2,1H3,(H,24,25). The predicted octanol–water partition coefficient (Wildman–Crippen LogP) is 4.86. The number of ether oxygens (including phenoxy) is 2. The molecule has 3 aromatic rings. The van der Waals surface area contributed by atoms with Crippen molar-refractivity contribution >= 4 is 17.5 Å². The van der Waals surface area contributed by atoms with E-state index in [1.54, 1.807) is 25.3 Å². The molecule has 5 heteroatoms. The summed E-state index contributed by atoms with van der Waals surface area (Å²) in [6.07, 6.45) is 0. The zero-order valence-electron chi connectivity index (χ0n) is 14.9. The topological polar surface area (TPSA) is 47.6 Å². The highest BCUT2D eigenvalue weighted by atomic mass is 35.5. The van der Waals surface area contributed by atoms with Crippen LogP contribution in [0.15, 0.2) is 72.8 Å². The van der Waals surface area contributed by atoms with Crippen molar-refractivity contribution in [2.75, 3.05) is 7.11 Å². The minimum absolute atomic E-state index is 0.258. The molecular formula is C22H20ClNO3. The first kappa shape index (κ1) is 18.8. The lowest BCUT2D eigenvalue weighted by atomic mass is 10.1. The summed E-state index contributed by atoms with van der Waals surface area (Å²) < 4.78 is 11.2. The van der Waals surface area contributed by atoms with Gasteiger partial charge in [0.25, 0.3) is 5.91 Å². The SMILES string of the molecule is COc1ccccc1CNC(=O)c1cc(Cl)ccc1OCc1ccccc1. The highest BCUT2D eigenvalue weighted by molar-refractivity contribution is 6.31. The summed E-state index contributed by atoms with van der Waals surface area (Å²) in [4.78, 5) is 12.7. The largest absolute Gasteiger partial charge is 0.496 e. The molecule has 138 valence electrons. The van der Waals surface area contributed by atoms with E-state index < -0.39 is 0 Å². The first-order chi connectivity index (χ1) is 13.2. The van der Waals surface area contributed by atoms with E-state index in [1.807, 2.05) is 54.6 Å². The molecule has 0 atom stereocenters. The molecule has 0 saturated heterocycles. The number of para-hydroxylation sites is 1. The Morgan fingerprint density at radius 1 is 0.963 bits per heavy atom. The third-order valence-electron chi connectivity index (χ3n) is 4.06. The number of benzene rings is 3. The molecule has 0 aliphatic heterocycles. The zero-order valence-corrected chi connectivity index (χ0v) is 15.7. The number of rotatable bonds is 7. The van der Waals surface area contributed by atoms with E-state index in [4.69, 9.17) is 21.1 Å². The normalized spacial score (nSPS) is 10.3. The molecule has 0 unspecified atom stereocenters. The molecule has 0 radical (unpaired) electrons. The van der Waals surface area contributed by atoms with E-state index in [0.717, 1.165) is 16.9 Å².